The van der Waals surface area contributed by atoms with E-state index < -0.39 is 23.5 Å². The lowest BCUT2D eigenvalue weighted by molar-refractivity contribution is -0.0668. The molecule has 0 spiro atoms. The van der Waals surface area contributed by atoms with Gasteiger partial charge in [-0.2, -0.15) is 0 Å². The van der Waals surface area contributed by atoms with Gasteiger partial charge in [0.1, 0.15) is 5.60 Å². The van der Waals surface area contributed by atoms with Crippen molar-refractivity contribution in [2.24, 2.45) is 5.92 Å². The lowest BCUT2D eigenvalue weighted by atomic mass is 9.95. The first-order valence-corrected chi connectivity index (χ1v) is 8.83. The van der Waals surface area contributed by atoms with Crippen LogP contribution in [0.25, 0.3) is 0 Å². The van der Waals surface area contributed by atoms with Gasteiger partial charge in [0.2, 0.25) is 0 Å². The van der Waals surface area contributed by atoms with E-state index in [-0.39, 0.29) is 12.5 Å². The van der Waals surface area contributed by atoms with Crippen molar-refractivity contribution in [3.8, 4) is 0 Å². The van der Waals surface area contributed by atoms with Crippen LogP contribution in [0.5, 0.6) is 0 Å². The zero-order valence-electron chi connectivity index (χ0n) is 15.5. The molecule has 2 atom stereocenters. The van der Waals surface area contributed by atoms with Crippen LogP contribution < -0.4 is 0 Å². The third-order valence-electron chi connectivity index (χ3n) is 4.81. The van der Waals surface area contributed by atoms with Gasteiger partial charge in [-0.25, -0.2) is 9.59 Å². The predicted octanol–water partition coefficient (Wildman–Crippen LogP) is 2.80. The average Bonchev–Trinajstić information content (AvgIpc) is 2.99. The molecule has 1 aromatic rings. The highest BCUT2D eigenvalue weighted by Gasteiger charge is 2.57. The predicted molar refractivity (Wildman–Crippen MR) is 94.9 cm³/mol. The summed E-state index contributed by atoms with van der Waals surface area (Å²) in [4.78, 5) is 27.2. The normalized spacial score (nSPS) is 25.8. The summed E-state index contributed by atoms with van der Waals surface area (Å²) in [6.07, 6.45) is -1.72. The molecule has 26 heavy (non-hydrogen) atoms. The third kappa shape index (κ3) is 4.09. The fourth-order valence-corrected chi connectivity index (χ4v) is 3.80. The Bertz CT molecular complexity index is 672. The molecular formula is C19H26N2O5. The number of amides is 1. The molecule has 2 heterocycles. The first-order chi connectivity index (χ1) is 12.2. The van der Waals surface area contributed by atoms with Gasteiger partial charge in [-0.1, -0.05) is 30.3 Å². The molecular weight excluding hydrogens is 336 g/mol. The first-order valence-electron chi connectivity index (χ1n) is 8.83. The molecule has 0 unspecified atom stereocenters. The number of hydrogen-bond donors (Lipinski definition) is 1. The summed E-state index contributed by atoms with van der Waals surface area (Å²) in [5.74, 6) is -0.0603. The summed E-state index contributed by atoms with van der Waals surface area (Å²) in [6, 6.07) is 10.1. The number of rotatable bonds is 3. The Morgan fingerprint density at radius 3 is 2.50 bits per heavy atom. The number of carboxylic acid groups (broad SMARTS) is 1. The van der Waals surface area contributed by atoms with Crippen molar-refractivity contribution in [3.63, 3.8) is 0 Å². The number of hydrogen-bond acceptors (Lipinski definition) is 5. The summed E-state index contributed by atoms with van der Waals surface area (Å²) >= 11 is 0. The number of nitrogens with zero attached hydrogens (tertiary/aromatic N) is 2. The molecule has 0 aliphatic carbocycles. The minimum Gasteiger partial charge on any atom is -0.465 e. The Labute approximate surface area is 153 Å². The number of ether oxygens (including phenoxy) is 2. The molecule has 2 aliphatic rings. The van der Waals surface area contributed by atoms with Crippen LogP contribution in [-0.2, 0) is 16.0 Å². The van der Waals surface area contributed by atoms with Crippen LogP contribution in [0.15, 0.2) is 30.3 Å². The molecule has 0 radical (unpaired) electrons. The van der Waals surface area contributed by atoms with Gasteiger partial charge in [0.25, 0.3) is 0 Å². The van der Waals surface area contributed by atoms with E-state index in [4.69, 9.17) is 9.47 Å². The van der Waals surface area contributed by atoms with Crippen molar-refractivity contribution < 1.29 is 24.2 Å². The molecule has 7 heteroatoms. The molecule has 1 amide bonds. The van der Waals surface area contributed by atoms with E-state index in [1.807, 2.05) is 18.2 Å². The summed E-state index contributed by atoms with van der Waals surface area (Å²) in [5, 5.41) is 9.35. The van der Waals surface area contributed by atoms with Gasteiger partial charge in [0.15, 0.2) is 5.60 Å². The van der Waals surface area contributed by atoms with Gasteiger partial charge >= 0.3 is 12.2 Å². The Hall–Kier alpha value is -2.28. The lowest BCUT2D eigenvalue weighted by Gasteiger charge is -2.30. The average molecular weight is 362 g/mol. The monoisotopic (exact) mass is 362 g/mol. The van der Waals surface area contributed by atoms with Gasteiger partial charge in [-0.3, -0.25) is 4.90 Å². The Balaban J connectivity index is 1.73. The van der Waals surface area contributed by atoms with Crippen LogP contribution in [0, 0.1) is 5.92 Å². The van der Waals surface area contributed by atoms with Crippen molar-refractivity contribution >= 4 is 12.2 Å². The molecule has 0 bridgehead atoms. The van der Waals surface area contributed by atoms with Gasteiger partial charge in [0.05, 0.1) is 6.54 Å². The second kappa shape index (κ2) is 6.79. The van der Waals surface area contributed by atoms with E-state index in [1.165, 1.54) is 10.5 Å². The number of benzene rings is 1. The van der Waals surface area contributed by atoms with E-state index in [0.29, 0.717) is 19.6 Å². The van der Waals surface area contributed by atoms with E-state index in [1.54, 1.807) is 20.8 Å². The number of likely N-dealkylation sites (tertiary alicyclic amines) is 2. The highest BCUT2D eigenvalue weighted by Crippen LogP contribution is 2.39. The van der Waals surface area contributed by atoms with Crippen molar-refractivity contribution in [3.05, 3.63) is 35.9 Å². The summed E-state index contributed by atoms with van der Waals surface area (Å²) < 4.78 is 11.0. The van der Waals surface area contributed by atoms with Crippen LogP contribution in [0.2, 0.25) is 0 Å². The highest BCUT2D eigenvalue weighted by molar-refractivity contribution is 5.66. The molecule has 2 aliphatic heterocycles. The van der Waals surface area contributed by atoms with Gasteiger partial charge in [0, 0.05) is 32.1 Å². The molecule has 0 aromatic heterocycles. The van der Waals surface area contributed by atoms with Crippen molar-refractivity contribution in [2.45, 2.75) is 38.5 Å². The Morgan fingerprint density at radius 2 is 1.88 bits per heavy atom. The van der Waals surface area contributed by atoms with Gasteiger partial charge in [-0.15, -0.1) is 0 Å². The molecule has 7 nitrogen and oxygen atoms in total. The zero-order valence-corrected chi connectivity index (χ0v) is 15.5. The molecule has 142 valence electrons. The number of carbonyl (C=O) groups excluding carboxylic acids is 1. The van der Waals surface area contributed by atoms with Gasteiger partial charge < -0.3 is 19.5 Å². The molecule has 1 N–H and O–H groups in total. The zero-order chi connectivity index (χ0) is 18.9. The van der Waals surface area contributed by atoms with Crippen LogP contribution in [-0.4, -0.2) is 64.5 Å². The summed E-state index contributed by atoms with van der Waals surface area (Å²) in [5.41, 5.74) is -0.332. The highest BCUT2D eigenvalue weighted by atomic mass is 16.7. The molecule has 2 fully saturated rings. The van der Waals surface area contributed by atoms with E-state index in [2.05, 4.69) is 17.0 Å². The van der Waals surface area contributed by atoms with E-state index in [0.717, 1.165) is 6.54 Å². The standard InChI is InChI=1S/C19H26N2O5/c1-18(2,3)25-17(24)26-19-12-20(9-14-7-5-4-6-8-14)10-15(19)11-21(13-19)16(22)23/h4-8,15H,9-13H2,1-3H3,(H,22,23)/t15-,19-/m1/s1. The Kier molecular flexibility index (Phi) is 4.84. The maximum atomic E-state index is 12.3. The molecule has 1 aromatic carbocycles. The maximum absolute atomic E-state index is 12.3. The smallest absolute Gasteiger partial charge is 0.465 e. The molecule has 0 saturated carbocycles. The molecule has 3 rings (SSSR count). The fraction of sp³-hybridized carbons (Fsp3) is 0.579. The Morgan fingerprint density at radius 1 is 1.19 bits per heavy atom. The van der Waals surface area contributed by atoms with Crippen LogP contribution in [0.1, 0.15) is 26.3 Å². The third-order valence-corrected chi connectivity index (χ3v) is 4.81. The van der Waals surface area contributed by atoms with Crippen LogP contribution >= 0.6 is 0 Å². The lowest BCUT2D eigenvalue weighted by Crippen LogP contribution is -2.46. The SMILES string of the molecule is CC(C)(C)OC(=O)O[C@@]12CN(Cc3ccccc3)C[C@@H]1CN(C(=O)O)C2. The minimum atomic E-state index is -0.985. The van der Waals surface area contributed by atoms with Crippen molar-refractivity contribution in [1.29, 1.82) is 0 Å². The van der Waals surface area contributed by atoms with Crippen molar-refractivity contribution in [2.75, 3.05) is 26.2 Å². The van der Waals surface area contributed by atoms with Gasteiger partial charge in [-0.05, 0) is 26.3 Å². The summed E-state index contributed by atoms with van der Waals surface area (Å²) in [7, 11) is 0. The quantitative estimate of drug-likeness (QED) is 0.833. The van der Waals surface area contributed by atoms with E-state index in [9.17, 15) is 14.7 Å². The van der Waals surface area contributed by atoms with Crippen molar-refractivity contribution in [1.82, 2.24) is 9.80 Å². The van der Waals surface area contributed by atoms with Crippen LogP contribution in [0.4, 0.5) is 9.59 Å². The van der Waals surface area contributed by atoms with E-state index >= 15 is 0 Å². The van der Waals surface area contributed by atoms with Crippen LogP contribution in [0.3, 0.4) is 0 Å². The molecule has 2 saturated heterocycles. The minimum absolute atomic E-state index is 0.0603. The largest absolute Gasteiger partial charge is 0.509 e. The maximum Gasteiger partial charge on any atom is 0.509 e. The topological polar surface area (TPSA) is 79.3 Å². The second-order valence-electron chi connectivity index (χ2n) is 8.15. The second-order valence-corrected chi connectivity index (χ2v) is 8.15. The fourth-order valence-electron chi connectivity index (χ4n) is 3.80. The summed E-state index contributed by atoms with van der Waals surface area (Å²) in [6.45, 7) is 7.79. The first kappa shape index (κ1) is 18.5. The number of carbonyl (C=O) groups is 2. The number of fused-ring (bicyclic) bond motifs is 1.